The minimum absolute atomic E-state index is 0.103. The predicted octanol–water partition coefficient (Wildman–Crippen LogP) is 23.0. The van der Waals surface area contributed by atoms with Crippen molar-refractivity contribution >= 4 is 17.9 Å². The highest BCUT2D eigenvalue weighted by Crippen LogP contribution is 2.15. The minimum atomic E-state index is -0.811. The summed E-state index contributed by atoms with van der Waals surface area (Å²) in [5.74, 6) is -0.965. The van der Waals surface area contributed by atoms with Crippen LogP contribution in [0.2, 0.25) is 0 Å². The van der Waals surface area contributed by atoms with E-state index in [0.29, 0.717) is 25.7 Å². The Morgan fingerprint density at radius 2 is 0.476 bits per heavy atom. The van der Waals surface area contributed by atoms with Crippen LogP contribution >= 0.6 is 0 Å². The SMILES string of the molecule is CC/C=C\C/C=C\C/C=C\C/C=C\C/C=C\C/C=C\C/C=C\C/C=C\C/C=C\C/C=C\CCCCC(=O)OCC(COC(=O)CCCCCCCCCCCCCC)OC(=O)CCCCCCCC/C=C\C/C=C\C/C=C\C/C=C\CC. The first kappa shape index (κ1) is 76.8. The van der Waals surface area contributed by atoms with Gasteiger partial charge in [0.25, 0.3) is 0 Å². The third-order valence-corrected chi connectivity index (χ3v) is 13.5. The van der Waals surface area contributed by atoms with E-state index in [1.54, 1.807) is 0 Å². The maximum absolute atomic E-state index is 12.9. The fraction of sp³-hybridized carbons (Fsp3) is 0.592. The summed E-state index contributed by atoms with van der Waals surface area (Å²) >= 11 is 0. The molecule has 0 heterocycles. The first-order valence-electron chi connectivity index (χ1n) is 33.1. The van der Waals surface area contributed by atoms with Crippen LogP contribution in [0.1, 0.15) is 271 Å². The van der Waals surface area contributed by atoms with Gasteiger partial charge in [0, 0.05) is 19.3 Å². The molecule has 0 aromatic heterocycles. The molecule has 0 amide bonds. The first-order valence-corrected chi connectivity index (χ1v) is 33.1. The molecule has 460 valence electrons. The number of ether oxygens (including phenoxy) is 3. The van der Waals surface area contributed by atoms with E-state index in [9.17, 15) is 14.4 Å². The highest BCUT2D eigenvalue weighted by atomic mass is 16.6. The van der Waals surface area contributed by atoms with E-state index in [2.05, 4.69) is 191 Å². The largest absolute Gasteiger partial charge is 0.462 e. The molecule has 1 unspecified atom stereocenters. The van der Waals surface area contributed by atoms with Crippen LogP contribution in [-0.2, 0) is 28.6 Å². The molecule has 0 aliphatic heterocycles. The zero-order valence-corrected chi connectivity index (χ0v) is 52.7. The van der Waals surface area contributed by atoms with Gasteiger partial charge in [0.1, 0.15) is 13.2 Å². The Kier molecular flexibility index (Phi) is 63.9. The fourth-order valence-electron chi connectivity index (χ4n) is 8.58. The molecule has 0 aromatic rings. The van der Waals surface area contributed by atoms with Gasteiger partial charge in [-0.1, -0.05) is 287 Å². The van der Waals surface area contributed by atoms with E-state index in [0.717, 1.165) is 154 Å². The Hall–Kier alpha value is -5.23. The molecule has 6 nitrogen and oxygen atoms in total. The summed E-state index contributed by atoms with van der Waals surface area (Å²) in [5.41, 5.74) is 0. The van der Waals surface area contributed by atoms with Gasteiger partial charge in [-0.3, -0.25) is 14.4 Å². The zero-order chi connectivity index (χ0) is 59.2. The Balaban J connectivity index is 4.41. The van der Waals surface area contributed by atoms with Gasteiger partial charge >= 0.3 is 17.9 Å². The van der Waals surface area contributed by atoms with Gasteiger partial charge in [-0.15, -0.1) is 0 Å². The molecule has 6 heteroatoms. The second-order valence-corrected chi connectivity index (χ2v) is 21.3. The molecule has 0 aromatic carbocycles. The number of allylic oxidation sites excluding steroid dienone is 28. The van der Waals surface area contributed by atoms with Crippen molar-refractivity contribution < 1.29 is 28.6 Å². The lowest BCUT2D eigenvalue weighted by Gasteiger charge is -2.18. The highest BCUT2D eigenvalue weighted by molar-refractivity contribution is 5.71. The summed E-state index contributed by atoms with van der Waals surface area (Å²) in [6.07, 6.45) is 101. The van der Waals surface area contributed by atoms with Crippen LogP contribution in [0.4, 0.5) is 0 Å². The van der Waals surface area contributed by atoms with Crippen molar-refractivity contribution in [2.75, 3.05) is 13.2 Å². The maximum atomic E-state index is 12.9. The van der Waals surface area contributed by atoms with Crippen molar-refractivity contribution in [3.63, 3.8) is 0 Å². The van der Waals surface area contributed by atoms with Crippen LogP contribution in [0.3, 0.4) is 0 Å². The Bertz CT molecular complexity index is 1870. The van der Waals surface area contributed by atoms with Crippen molar-refractivity contribution in [3.8, 4) is 0 Å². The van der Waals surface area contributed by atoms with Gasteiger partial charge in [0.05, 0.1) is 0 Å². The van der Waals surface area contributed by atoms with Crippen molar-refractivity contribution in [2.24, 2.45) is 0 Å². The van der Waals surface area contributed by atoms with E-state index in [1.165, 1.54) is 70.6 Å². The smallest absolute Gasteiger partial charge is 0.306 e. The van der Waals surface area contributed by atoms with Crippen LogP contribution < -0.4 is 0 Å². The van der Waals surface area contributed by atoms with E-state index >= 15 is 0 Å². The number of esters is 3. The number of unbranched alkanes of at least 4 members (excludes halogenated alkanes) is 19. The zero-order valence-electron chi connectivity index (χ0n) is 52.7. The topological polar surface area (TPSA) is 78.9 Å². The van der Waals surface area contributed by atoms with Crippen LogP contribution in [-0.4, -0.2) is 37.2 Å². The summed E-state index contributed by atoms with van der Waals surface area (Å²) < 4.78 is 16.9. The molecule has 0 fully saturated rings. The second kappa shape index (κ2) is 68.3. The average Bonchev–Trinajstić information content (AvgIpc) is 3.47. The molecular formula is C76H120O6. The van der Waals surface area contributed by atoms with Crippen molar-refractivity contribution in [3.05, 3.63) is 170 Å². The van der Waals surface area contributed by atoms with E-state index in [1.807, 2.05) is 0 Å². The normalized spacial score (nSPS) is 13.3. The summed E-state index contributed by atoms with van der Waals surface area (Å²) in [6.45, 7) is 6.36. The molecule has 0 N–H and O–H groups in total. The molecule has 0 aliphatic rings. The molecule has 0 rings (SSSR count). The van der Waals surface area contributed by atoms with Gasteiger partial charge in [-0.05, 0) is 135 Å². The molecule has 0 aliphatic carbocycles. The van der Waals surface area contributed by atoms with Gasteiger partial charge < -0.3 is 14.2 Å². The lowest BCUT2D eigenvalue weighted by Crippen LogP contribution is -2.30. The van der Waals surface area contributed by atoms with Crippen LogP contribution in [0.15, 0.2) is 170 Å². The molecule has 1 atom stereocenters. The summed E-state index contributed by atoms with van der Waals surface area (Å²) in [6, 6.07) is 0. The predicted molar refractivity (Wildman–Crippen MR) is 357 cm³/mol. The van der Waals surface area contributed by atoms with Gasteiger partial charge in [0.2, 0.25) is 0 Å². The number of carbonyl (C=O) groups is 3. The van der Waals surface area contributed by atoms with Crippen LogP contribution in [0.5, 0.6) is 0 Å². The van der Waals surface area contributed by atoms with Crippen LogP contribution in [0, 0.1) is 0 Å². The van der Waals surface area contributed by atoms with Crippen molar-refractivity contribution in [1.82, 2.24) is 0 Å². The summed E-state index contributed by atoms with van der Waals surface area (Å²) in [7, 11) is 0. The van der Waals surface area contributed by atoms with Gasteiger partial charge in [0.15, 0.2) is 6.10 Å². The number of hydrogen-bond acceptors (Lipinski definition) is 6. The second-order valence-electron chi connectivity index (χ2n) is 21.3. The standard InChI is InChI=1S/C76H120O6/c1-4-7-10-13-16-19-22-25-27-29-31-32-33-34-35-36-37-38-39-40-41-42-43-44-46-47-49-51-54-57-60-63-66-69-75(78)81-72-73(71-80-74(77)68-65-62-59-56-53-24-21-18-15-12-9-6-3)82-76(79)70-67-64-61-58-55-52-50-48-45-30-28-26-23-20-17-14-11-8-5-2/h7-8,10-11,16-17,19-20,25-28,31-32,34-35,37-38,40-41,43-45,47-49,54,57,73H,4-6,9,12-15,18,21-24,29-30,33,36,39,42,46,50-53,55-56,58-72H2,1-3H3/b10-7-,11-8-,19-16-,20-17-,27-25-,28-26-,32-31-,35-34-,38-37-,41-40-,44-43-,48-45-,49-47-,57-54-. The lowest BCUT2D eigenvalue weighted by molar-refractivity contribution is -0.167. The molecule has 0 bridgehead atoms. The van der Waals surface area contributed by atoms with Crippen molar-refractivity contribution in [2.45, 2.75) is 277 Å². The third-order valence-electron chi connectivity index (χ3n) is 13.5. The third kappa shape index (κ3) is 65.6. The average molecular weight is 1130 g/mol. The van der Waals surface area contributed by atoms with Crippen molar-refractivity contribution in [1.29, 1.82) is 0 Å². The maximum Gasteiger partial charge on any atom is 0.306 e. The van der Waals surface area contributed by atoms with Gasteiger partial charge in [-0.2, -0.15) is 0 Å². The minimum Gasteiger partial charge on any atom is -0.462 e. The summed E-state index contributed by atoms with van der Waals surface area (Å²) in [5, 5.41) is 0. The first-order chi connectivity index (χ1) is 40.5. The van der Waals surface area contributed by atoms with Gasteiger partial charge in [-0.25, -0.2) is 0 Å². The molecule has 0 saturated heterocycles. The molecule has 82 heavy (non-hydrogen) atoms. The molecule has 0 radical (unpaired) electrons. The number of carbonyl (C=O) groups excluding carboxylic acids is 3. The Morgan fingerprint density at radius 1 is 0.256 bits per heavy atom. The van der Waals surface area contributed by atoms with Crippen LogP contribution in [0.25, 0.3) is 0 Å². The Labute approximate surface area is 504 Å². The van der Waals surface area contributed by atoms with E-state index < -0.39 is 6.10 Å². The molecular weight excluding hydrogens is 1010 g/mol. The highest BCUT2D eigenvalue weighted by Gasteiger charge is 2.19. The molecule has 0 spiro atoms. The summed E-state index contributed by atoms with van der Waals surface area (Å²) in [4.78, 5) is 38.3. The Morgan fingerprint density at radius 3 is 0.768 bits per heavy atom. The fourth-order valence-corrected chi connectivity index (χ4v) is 8.58. The monoisotopic (exact) mass is 1130 g/mol. The molecule has 0 saturated carbocycles. The quantitative estimate of drug-likeness (QED) is 0.0261. The van der Waals surface area contributed by atoms with E-state index in [-0.39, 0.29) is 31.1 Å². The number of hydrogen-bond donors (Lipinski definition) is 0. The van der Waals surface area contributed by atoms with E-state index in [4.69, 9.17) is 14.2 Å². The lowest BCUT2D eigenvalue weighted by atomic mass is 10.0. The number of rotatable bonds is 58.